The van der Waals surface area contributed by atoms with Crippen molar-refractivity contribution in [3.8, 4) is 0 Å². The van der Waals surface area contributed by atoms with Crippen LogP contribution in [0.15, 0.2) is 42.5 Å². The fourth-order valence-electron chi connectivity index (χ4n) is 3.76. The first kappa shape index (κ1) is 23.6. The first-order valence-corrected chi connectivity index (χ1v) is 10.5. The van der Waals surface area contributed by atoms with E-state index in [2.05, 4.69) is 0 Å². The van der Waals surface area contributed by atoms with Crippen LogP contribution < -0.4 is 0 Å². The number of piperidine rings is 1. The molecule has 0 radical (unpaired) electrons. The predicted octanol–water partition coefficient (Wildman–Crippen LogP) is 5.71. The molecular weight excluding hydrogens is 423 g/mol. The van der Waals surface area contributed by atoms with Gasteiger partial charge in [0, 0.05) is 19.0 Å². The predicted molar refractivity (Wildman–Crippen MR) is 112 cm³/mol. The minimum Gasteiger partial charge on any atom is -0.462 e. The molecular formula is C24H26F3NO4. The molecule has 32 heavy (non-hydrogen) atoms. The van der Waals surface area contributed by atoms with Crippen LogP contribution in [-0.2, 0) is 22.3 Å². The standard InChI is InChI=1S/C24H26F3NO4/c1-3-31-22(29)21-13-18(9-6-16(21)2)19-5-4-12-28(14-19)23(30)32-15-17-7-10-20(11-8-17)24(25,26)27/h6-11,13,19H,3-5,12,14-15H2,1-2H3/t19-/m0/s1. The van der Waals surface area contributed by atoms with Crippen LogP contribution in [0.4, 0.5) is 18.0 Å². The minimum absolute atomic E-state index is 0.0520. The zero-order valence-corrected chi connectivity index (χ0v) is 18.1. The lowest BCUT2D eigenvalue weighted by Gasteiger charge is -2.32. The number of ether oxygens (including phenoxy) is 2. The third-order valence-corrected chi connectivity index (χ3v) is 5.55. The third kappa shape index (κ3) is 5.81. The Morgan fingerprint density at radius 1 is 1.09 bits per heavy atom. The summed E-state index contributed by atoms with van der Waals surface area (Å²) in [5.74, 6) is -0.313. The molecule has 0 N–H and O–H groups in total. The van der Waals surface area contributed by atoms with E-state index in [1.165, 1.54) is 12.1 Å². The van der Waals surface area contributed by atoms with Gasteiger partial charge < -0.3 is 14.4 Å². The first-order chi connectivity index (χ1) is 15.2. The molecule has 0 aliphatic carbocycles. The molecule has 5 nitrogen and oxygen atoms in total. The Morgan fingerprint density at radius 3 is 2.47 bits per heavy atom. The number of rotatable bonds is 5. The Morgan fingerprint density at radius 2 is 1.81 bits per heavy atom. The molecule has 2 aromatic carbocycles. The Bertz CT molecular complexity index is 957. The number of carbonyl (C=O) groups excluding carboxylic acids is 2. The molecule has 8 heteroatoms. The molecule has 2 aromatic rings. The number of alkyl halides is 3. The van der Waals surface area contributed by atoms with Gasteiger partial charge in [0.25, 0.3) is 0 Å². The second-order valence-electron chi connectivity index (χ2n) is 7.83. The maximum Gasteiger partial charge on any atom is 0.416 e. The van der Waals surface area contributed by atoms with Gasteiger partial charge in [0.2, 0.25) is 0 Å². The molecule has 1 heterocycles. The van der Waals surface area contributed by atoms with Crippen molar-refractivity contribution in [2.45, 2.75) is 45.4 Å². The van der Waals surface area contributed by atoms with E-state index in [1.807, 2.05) is 25.1 Å². The van der Waals surface area contributed by atoms with E-state index < -0.39 is 17.8 Å². The van der Waals surface area contributed by atoms with Crippen LogP contribution in [0.1, 0.15) is 58.3 Å². The fourth-order valence-corrected chi connectivity index (χ4v) is 3.76. The molecule has 1 saturated heterocycles. The number of nitrogens with zero attached hydrogens (tertiary/aromatic N) is 1. The van der Waals surface area contributed by atoms with Gasteiger partial charge in [-0.15, -0.1) is 0 Å². The monoisotopic (exact) mass is 449 g/mol. The van der Waals surface area contributed by atoms with E-state index in [0.29, 0.717) is 30.8 Å². The van der Waals surface area contributed by atoms with Gasteiger partial charge >= 0.3 is 18.2 Å². The maximum absolute atomic E-state index is 12.7. The van der Waals surface area contributed by atoms with E-state index in [0.717, 1.165) is 36.1 Å². The minimum atomic E-state index is -4.40. The summed E-state index contributed by atoms with van der Waals surface area (Å²) < 4.78 is 48.4. The van der Waals surface area contributed by atoms with Gasteiger partial charge in [0.15, 0.2) is 0 Å². The second kappa shape index (κ2) is 10.1. The van der Waals surface area contributed by atoms with Gasteiger partial charge in [0.05, 0.1) is 17.7 Å². The maximum atomic E-state index is 12.7. The van der Waals surface area contributed by atoms with Crippen LogP contribution >= 0.6 is 0 Å². The number of esters is 1. The lowest BCUT2D eigenvalue weighted by molar-refractivity contribution is -0.137. The van der Waals surface area contributed by atoms with Gasteiger partial charge in [-0.25, -0.2) is 9.59 Å². The summed E-state index contributed by atoms with van der Waals surface area (Å²) in [5, 5.41) is 0. The van der Waals surface area contributed by atoms with Gasteiger partial charge in [-0.1, -0.05) is 24.3 Å². The number of hydrogen-bond donors (Lipinski definition) is 0. The summed E-state index contributed by atoms with van der Waals surface area (Å²) in [5.41, 5.74) is 2.05. The Balaban J connectivity index is 1.61. The quantitative estimate of drug-likeness (QED) is 0.549. The molecule has 1 atom stereocenters. The summed E-state index contributed by atoms with van der Waals surface area (Å²) in [6.45, 7) is 4.78. The summed E-state index contributed by atoms with van der Waals surface area (Å²) in [4.78, 5) is 26.3. The molecule has 0 bridgehead atoms. The summed E-state index contributed by atoms with van der Waals surface area (Å²) in [7, 11) is 0. The lowest BCUT2D eigenvalue weighted by Crippen LogP contribution is -2.39. The van der Waals surface area contributed by atoms with E-state index in [-0.39, 0.29) is 18.5 Å². The van der Waals surface area contributed by atoms with E-state index in [9.17, 15) is 22.8 Å². The van der Waals surface area contributed by atoms with Crippen molar-refractivity contribution in [1.82, 2.24) is 4.90 Å². The van der Waals surface area contributed by atoms with Crippen molar-refractivity contribution in [2.75, 3.05) is 19.7 Å². The normalized spacial score (nSPS) is 16.5. The molecule has 1 aliphatic heterocycles. The third-order valence-electron chi connectivity index (χ3n) is 5.55. The molecule has 0 aromatic heterocycles. The van der Waals surface area contributed by atoms with E-state index in [4.69, 9.17) is 9.47 Å². The number of benzene rings is 2. The van der Waals surface area contributed by atoms with Crippen LogP contribution in [0.3, 0.4) is 0 Å². The SMILES string of the molecule is CCOC(=O)c1cc([C@H]2CCCN(C(=O)OCc3ccc(C(F)(F)F)cc3)C2)ccc1C. The first-order valence-electron chi connectivity index (χ1n) is 10.5. The summed E-state index contributed by atoms with van der Waals surface area (Å²) in [6, 6.07) is 10.2. The number of halogens is 3. The topological polar surface area (TPSA) is 55.8 Å². The van der Waals surface area contributed by atoms with Crippen LogP contribution in [0.5, 0.6) is 0 Å². The summed E-state index contributed by atoms with van der Waals surface area (Å²) >= 11 is 0. The highest BCUT2D eigenvalue weighted by molar-refractivity contribution is 5.91. The molecule has 172 valence electrons. The van der Waals surface area contributed by atoms with Crippen LogP contribution in [0.25, 0.3) is 0 Å². The number of aryl methyl sites for hydroxylation is 1. The average Bonchev–Trinajstić information content (AvgIpc) is 2.77. The Hall–Kier alpha value is -3.03. The zero-order valence-electron chi connectivity index (χ0n) is 18.1. The molecule has 1 amide bonds. The van der Waals surface area contributed by atoms with Crippen molar-refractivity contribution < 1.29 is 32.2 Å². The zero-order chi connectivity index (χ0) is 23.3. The fraction of sp³-hybridized carbons (Fsp3) is 0.417. The molecule has 3 rings (SSSR count). The second-order valence-corrected chi connectivity index (χ2v) is 7.83. The van der Waals surface area contributed by atoms with Crippen LogP contribution in [0.2, 0.25) is 0 Å². The molecule has 1 aliphatic rings. The van der Waals surface area contributed by atoms with Gasteiger partial charge in [-0.3, -0.25) is 0 Å². The lowest BCUT2D eigenvalue weighted by atomic mass is 9.89. The number of likely N-dealkylation sites (tertiary alicyclic amines) is 1. The van der Waals surface area contributed by atoms with E-state index in [1.54, 1.807) is 11.8 Å². The van der Waals surface area contributed by atoms with Gasteiger partial charge in [-0.05, 0) is 61.6 Å². The molecule has 0 unspecified atom stereocenters. The largest absolute Gasteiger partial charge is 0.462 e. The highest BCUT2D eigenvalue weighted by Crippen LogP contribution is 2.30. The van der Waals surface area contributed by atoms with Gasteiger partial charge in [-0.2, -0.15) is 13.2 Å². The van der Waals surface area contributed by atoms with Crippen molar-refractivity contribution in [1.29, 1.82) is 0 Å². The highest BCUT2D eigenvalue weighted by Gasteiger charge is 2.30. The van der Waals surface area contributed by atoms with Crippen LogP contribution in [-0.4, -0.2) is 36.7 Å². The smallest absolute Gasteiger partial charge is 0.416 e. The van der Waals surface area contributed by atoms with Crippen molar-refractivity contribution >= 4 is 12.1 Å². The van der Waals surface area contributed by atoms with Gasteiger partial charge in [0.1, 0.15) is 6.61 Å². The van der Waals surface area contributed by atoms with Crippen LogP contribution in [0, 0.1) is 6.92 Å². The summed E-state index contributed by atoms with van der Waals surface area (Å²) in [6.07, 6.45) is -3.26. The molecule has 1 fully saturated rings. The Kier molecular flexibility index (Phi) is 7.43. The molecule has 0 spiro atoms. The van der Waals surface area contributed by atoms with Crippen molar-refractivity contribution in [3.63, 3.8) is 0 Å². The number of amides is 1. The van der Waals surface area contributed by atoms with Crippen molar-refractivity contribution in [2.24, 2.45) is 0 Å². The Labute approximate surface area is 185 Å². The average molecular weight is 449 g/mol. The number of carbonyl (C=O) groups is 2. The number of hydrogen-bond acceptors (Lipinski definition) is 4. The highest BCUT2D eigenvalue weighted by atomic mass is 19.4. The van der Waals surface area contributed by atoms with E-state index >= 15 is 0 Å². The van der Waals surface area contributed by atoms with Crippen molar-refractivity contribution in [3.05, 3.63) is 70.3 Å². The molecule has 0 saturated carbocycles.